The van der Waals surface area contributed by atoms with E-state index in [-0.39, 0.29) is 11.7 Å². The molecule has 1 aliphatic rings. The van der Waals surface area contributed by atoms with Crippen LogP contribution in [0.15, 0.2) is 18.2 Å². The minimum atomic E-state index is -1.08. The number of carboxylic acid groups (broad SMARTS) is 1. The van der Waals surface area contributed by atoms with E-state index >= 15 is 0 Å². The molecule has 0 aliphatic carbocycles. The summed E-state index contributed by atoms with van der Waals surface area (Å²) >= 11 is 0. The Bertz CT molecular complexity index is 638. The number of benzene rings is 1. The van der Waals surface area contributed by atoms with Gasteiger partial charge >= 0.3 is 12.1 Å². The number of halogens is 1. The quantitative estimate of drug-likeness (QED) is 0.893. The third-order valence-corrected chi connectivity index (χ3v) is 4.12. The van der Waals surface area contributed by atoms with Gasteiger partial charge in [-0.3, -0.25) is 4.90 Å². The molecule has 2 rings (SSSR count). The normalized spacial score (nSPS) is 21.5. The number of hydrogen-bond donors (Lipinski definition) is 1. The van der Waals surface area contributed by atoms with Gasteiger partial charge in [-0.1, -0.05) is 12.1 Å². The van der Waals surface area contributed by atoms with E-state index in [2.05, 4.69) is 0 Å². The standard InChI is InChI=1S/C18H24FNO4/c1-11-10-12(7-8-14(11)19)13-6-5-9-20(15(13)16(21)22)17(23)24-18(2,3)4/h7-8,10,13,15H,5-6,9H2,1-4H3,(H,21,22). The van der Waals surface area contributed by atoms with Gasteiger partial charge in [0.2, 0.25) is 0 Å². The third kappa shape index (κ3) is 4.04. The fourth-order valence-corrected chi connectivity index (χ4v) is 3.07. The van der Waals surface area contributed by atoms with E-state index < -0.39 is 23.7 Å². The van der Waals surface area contributed by atoms with Crippen molar-refractivity contribution in [2.75, 3.05) is 6.54 Å². The van der Waals surface area contributed by atoms with Crippen LogP contribution in [0.1, 0.15) is 50.7 Å². The van der Waals surface area contributed by atoms with Crippen LogP contribution in [0, 0.1) is 12.7 Å². The van der Waals surface area contributed by atoms with Gasteiger partial charge in [-0.15, -0.1) is 0 Å². The number of aliphatic carboxylic acids is 1. The largest absolute Gasteiger partial charge is 0.480 e. The van der Waals surface area contributed by atoms with Crippen molar-refractivity contribution in [1.29, 1.82) is 0 Å². The number of rotatable bonds is 2. The lowest BCUT2D eigenvalue weighted by atomic mass is 9.83. The second-order valence-corrected chi connectivity index (χ2v) is 7.21. The van der Waals surface area contributed by atoms with Crippen LogP contribution in [0.3, 0.4) is 0 Å². The van der Waals surface area contributed by atoms with Gasteiger partial charge in [-0.05, 0) is 57.7 Å². The van der Waals surface area contributed by atoms with Crippen LogP contribution < -0.4 is 0 Å². The monoisotopic (exact) mass is 337 g/mol. The highest BCUT2D eigenvalue weighted by atomic mass is 19.1. The molecule has 1 saturated heterocycles. The highest BCUT2D eigenvalue weighted by molar-refractivity contribution is 5.81. The Morgan fingerprint density at radius 3 is 2.54 bits per heavy atom. The van der Waals surface area contributed by atoms with Crippen molar-refractivity contribution in [3.8, 4) is 0 Å². The Labute approximate surface area is 141 Å². The van der Waals surface area contributed by atoms with Gasteiger partial charge in [-0.2, -0.15) is 0 Å². The lowest BCUT2D eigenvalue weighted by Gasteiger charge is -2.39. The van der Waals surface area contributed by atoms with Crippen molar-refractivity contribution >= 4 is 12.1 Å². The Kier molecular flexibility index (Phi) is 5.16. The SMILES string of the molecule is Cc1cc(C2CCCN(C(=O)OC(C)(C)C)C2C(=O)O)ccc1F. The van der Waals surface area contributed by atoms with E-state index in [0.717, 1.165) is 5.56 Å². The average Bonchev–Trinajstić information content (AvgIpc) is 2.47. The fourth-order valence-electron chi connectivity index (χ4n) is 3.07. The molecule has 0 bridgehead atoms. The van der Waals surface area contributed by atoms with E-state index in [4.69, 9.17) is 4.74 Å². The Morgan fingerprint density at radius 1 is 1.33 bits per heavy atom. The number of amides is 1. The first kappa shape index (κ1) is 18.2. The number of carbonyl (C=O) groups is 2. The molecule has 1 aromatic carbocycles. The smallest absolute Gasteiger partial charge is 0.411 e. The summed E-state index contributed by atoms with van der Waals surface area (Å²) < 4.78 is 18.9. The van der Waals surface area contributed by atoms with Crippen molar-refractivity contribution in [3.05, 3.63) is 35.1 Å². The van der Waals surface area contributed by atoms with E-state index in [9.17, 15) is 19.1 Å². The molecular formula is C18H24FNO4. The molecule has 0 saturated carbocycles. The first-order valence-electron chi connectivity index (χ1n) is 8.08. The predicted molar refractivity (Wildman–Crippen MR) is 87.5 cm³/mol. The second kappa shape index (κ2) is 6.79. The molecule has 0 spiro atoms. The van der Waals surface area contributed by atoms with Crippen molar-refractivity contribution in [2.24, 2.45) is 0 Å². The maximum atomic E-state index is 13.5. The number of aryl methyl sites for hydroxylation is 1. The summed E-state index contributed by atoms with van der Waals surface area (Å²) in [6.07, 6.45) is 0.671. The van der Waals surface area contributed by atoms with Gasteiger partial charge in [0.15, 0.2) is 0 Å². The molecule has 2 atom stereocenters. The van der Waals surface area contributed by atoms with Gasteiger partial charge in [-0.25, -0.2) is 14.0 Å². The second-order valence-electron chi connectivity index (χ2n) is 7.21. The number of piperidine rings is 1. The first-order chi connectivity index (χ1) is 11.1. The molecule has 1 heterocycles. The van der Waals surface area contributed by atoms with Crippen LogP contribution in [-0.4, -0.2) is 40.3 Å². The molecular weight excluding hydrogens is 313 g/mol. The van der Waals surface area contributed by atoms with Crippen molar-refractivity contribution in [2.45, 2.75) is 58.1 Å². The fraction of sp³-hybridized carbons (Fsp3) is 0.556. The van der Waals surface area contributed by atoms with Crippen LogP contribution in [-0.2, 0) is 9.53 Å². The number of carboxylic acids is 1. The Morgan fingerprint density at radius 2 is 2.00 bits per heavy atom. The highest BCUT2D eigenvalue weighted by Gasteiger charge is 2.41. The number of carbonyl (C=O) groups excluding carboxylic acids is 1. The van der Waals surface area contributed by atoms with E-state index in [1.54, 1.807) is 39.8 Å². The summed E-state index contributed by atoms with van der Waals surface area (Å²) in [7, 11) is 0. The zero-order valence-corrected chi connectivity index (χ0v) is 14.5. The summed E-state index contributed by atoms with van der Waals surface area (Å²) in [5.74, 6) is -1.79. The molecule has 1 amide bonds. The third-order valence-electron chi connectivity index (χ3n) is 4.12. The summed E-state index contributed by atoms with van der Waals surface area (Å²) in [4.78, 5) is 25.5. The molecule has 24 heavy (non-hydrogen) atoms. The summed E-state index contributed by atoms with van der Waals surface area (Å²) in [5, 5.41) is 9.69. The van der Waals surface area contributed by atoms with Gasteiger partial charge in [0, 0.05) is 12.5 Å². The number of hydrogen-bond acceptors (Lipinski definition) is 3. The summed E-state index contributed by atoms with van der Waals surface area (Å²) in [6, 6.07) is 3.59. The van der Waals surface area contributed by atoms with Crippen molar-refractivity contribution in [3.63, 3.8) is 0 Å². The van der Waals surface area contributed by atoms with Crippen LogP contribution in [0.25, 0.3) is 0 Å². The summed E-state index contributed by atoms with van der Waals surface area (Å²) in [5.41, 5.74) is 0.500. The molecule has 1 fully saturated rings. The number of nitrogens with zero attached hydrogens (tertiary/aromatic N) is 1. The van der Waals surface area contributed by atoms with Crippen LogP contribution in [0.5, 0.6) is 0 Å². The van der Waals surface area contributed by atoms with E-state index in [0.29, 0.717) is 24.9 Å². The van der Waals surface area contributed by atoms with Crippen LogP contribution in [0.2, 0.25) is 0 Å². The van der Waals surface area contributed by atoms with Crippen LogP contribution in [0.4, 0.5) is 9.18 Å². The van der Waals surface area contributed by atoms with E-state index in [1.165, 1.54) is 11.0 Å². The lowest BCUT2D eigenvalue weighted by Crippen LogP contribution is -2.53. The lowest BCUT2D eigenvalue weighted by molar-refractivity contribution is -0.145. The Hall–Kier alpha value is -2.11. The van der Waals surface area contributed by atoms with Crippen LogP contribution >= 0.6 is 0 Å². The highest BCUT2D eigenvalue weighted by Crippen LogP contribution is 2.34. The molecule has 132 valence electrons. The zero-order chi connectivity index (χ0) is 18.1. The molecule has 1 N–H and O–H groups in total. The number of likely N-dealkylation sites (tertiary alicyclic amines) is 1. The van der Waals surface area contributed by atoms with Gasteiger partial charge < -0.3 is 9.84 Å². The molecule has 2 unspecified atom stereocenters. The summed E-state index contributed by atoms with van der Waals surface area (Å²) in [6.45, 7) is 7.20. The maximum Gasteiger partial charge on any atom is 0.411 e. The van der Waals surface area contributed by atoms with Gasteiger partial charge in [0.25, 0.3) is 0 Å². The molecule has 0 aromatic heterocycles. The molecule has 6 heteroatoms. The minimum Gasteiger partial charge on any atom is -0.480 e. The molecule has 0 radical (unpaired) electrons. The maximum absolute atomic E-state index is 13.5. The zero-order valence-electron chi connectivity index (χ0n) is 14.5. The minimum absolute atomic E-state index is 0.328. The van der Waals surface area contributed by atoms with Crippen molar-refractivity contribution < 1.29 is 23.8 Å². The average molecular weight is 337 g/mol. The predicted octanol–water partition coefficient (Wildman–Crippen LogP) is 3.70. The first-order valence-corrected chi connectivity index (χ1v) is 8.08. The topological polar surface area (TPSA) is 66.8 Å². The van der Waals surface area contributed by atoms with Crippen molar-refractivity contribution in [1.82, 2.24) is 4.90 Å². The number of ether oxygens (including phenoxy) is 1. The van der Waals surface area contributed by atoms with E-state index in [1.807, 2.05) is 0 Å². The molecule has 1 aromatic rings. The van der Waals surface area contributed by atoms with Gasteiger partial charge in [0.05, 0.1) is 0 Å². The Balaban J connectivity index is 2.33. The molecule has 5 nitrogen and oxygen atoms in total. The van der Waals surface area contributed by atoms with Gasteiger partial charge in [0.1, 0.15) is 17.5 Å². The molecule has 1 aliphatic heterocycles.